The number of ketones is 1. The molecule has 0 amide bonds. The number of hydrogen-bond donors (Lipinski definition) is 1. The predicted octanol–water partition coefficient (Wildman–Crippen LogP) is 3.16. The third-order valence-corrected chi connectivity index (χ3v) is 5.29. The summed E-state index contributed by atoms with van der Waals surface area (Å²) in [4.78, 5) is 20.0. The van der Waals surface area contributed by atoms with Gasteiger partial charge in [-0.3, -0.25) is 9.69 Å². The Morgan fingerprint density at radius 1 is 1.23 bits per heavy atom. The Hall–Kier alpha value is -1.72. The van der Waals surface area contributed by atoms with Gasteiger partial charge in [-0.2, -0.15) is 0 Å². The van der Waals surface area contributed by atoms with E-state index in [2.05, 4.69) is 27.3 Å². The van der Waals surface area contributed by atoms with Gasteiger partial charge in [-0.05, 0) is 24.3 Å². The lowest BCUT2D eigenvalue weighted by atomic mass is 10.1. The Morgan fingerprint density at radius 3 is 2.82 bits per heavy atom. The molecule has 0 radical (unpaired) electrons. The molecular weight excluding hydrogens is 294 g/mol. The second kappa shape index (κ2) is 5.82. The van der Waals surface area contributed by atoms with E-state index in [9.17, 15) is 4.79 Å². The molecule has 1 fully saturated rings. The summed E-state index contributed by atoms with van der Waals surface area (Å²) in [6, 6.07) is 10.2. The summed E-state index contributed by atoms with van der Waals surface area (Å²) in [5.41, 5.74) is 2.18. The number of Topliss-reactive ketones (excluding diaryl/α,β-unsaturated/α-hetero) is 1. The molecule has 5 heteroatoms. The zero-order valence-corrected chi connectivity index (χ0v) is 13.2. The number of anilines is 1. The van der Waals surface area contributed by atoms with Crippen LogP contribution in [0, 0.1) is 5.92 Å². The molecular formula is C17H19N3OS. The fraction of sp³-hybridized carbons (Fsp3) is 0.412. The van der Waals surface area contributed by atoms with Crippen molar-refractivity contribution in [1.29, 1.82) is 0 Å². The minimum Gasteiger partial charge on any atom is -0.357 e. The molecule has 1 N–H and O–H groups in total. The van der Waals surface area contributed by atoms with Crippen molar-refractivity contribution in [2.24, 2.45) is 5.92 Å². The number of nitrogens with one attached hydrogen (secondary N) is 1. The number of hydrogen-bond acceptors (Lipinski definition) is 5. The van der Waals surface area contributed by atoms with Crippen LogP contribution < -0.4 is 5.32 Å². The number of carbonyl (C=O) groups is 1. The summed E-state index contributed by atoms with van der Waals surface area (Å²) in [7, 11) is 0. The first-order chi connectivity index (χ1) is 10.8. The molecule has 0 spiro atoms. The molecule has 2 heterocycles. The van der Waals surface area contributed by atoms with Crippen LogP contribution in [-0.2, 0) is 13.1 Å². The van der Waals surface area contributed by atoms with Gasteiger partial charge in [-0.25, -0.2) is 4.98 Å². The molecule has 2 aliphatic rings. The van der Waals surface area contributed by atoms with E-state index in [-0.39, 0.29) is 5.78 Å². The first kappa shape index (κ1) is 13.9. The van der Waals surface area contributed by atoms with E-state index >= 15 is 0 Å². The highest BCUT2D eigenvalue weighted by Gasteiger charge is 2.31. The summed E-state index contributed by atoms with van der Waals surface area (Å²) >= 11 is 1.50. The molecule has 4 rings (SSSR count). The van der Waals surface area contributed by atoms with Crippen LogP contribution in [-0.4, -0.2) is 28.8 Å². The van der Waals surface area contributed by atoms with E-state index in [0.29, 0.717) is 6.54 Å². The van der Waals surface area contributed by atoms with Crippen molar-refractivity contribution in [2.75, 3.05) is 18.4 Å². The van der Waals surface area contributed by atoms with Gasteiger partial charge in [0.05, 0.1) is 17.1 Å². The Balaban J connectivity index is 1.44. The van der Waals surface area contributed by atoms with Gasteiger partial charge < -0.3 is 5.32 Å². The number of aromatic nitrogens is 1. The first-order valence-corrected chi connectivity index (χ1v) is 8.62. The topological polar surface area (TPSA) is 45.2 Å². The number of thiazole rings is 1. The molecule has 0 unspecified atom stereocenters. The molecule has 1 aliphatic carbocycles. The van der Waals surface area contributed by atoms with E-state index in [1.807, 2.05) is 18.2 Å². The van der Waals surface area contributed by atoms with Crippen molar-refractivity contribution in [1.82, 2.24) is 9.88 Å². The number of nitrogens with zero attached hydrogens (tertiary/aromatic N) is 2. The molecule has 22 heavy (non-hydrogen) atoms. The van der Waals surface area contributed by atoms with Crippen LogP contribution in [0.3, 0.4) is 0 Å². The second-order valence-corrected chi connectivity index (χ2v) is 7.17. The van der Waals surface area contributed by atoms with Gasteiger partial charge in [0.25, 0.3) is 0 Å². The van der Waals surface area contributed by atoms with Gasteiger partial charge >= 0.3 is 0 Å². The molecule has 4 nitrogen and oxygen atoms in total. The van der Waals surface area contributed by atoms with Crippen LogP contribution in [0.2, 0.25) is 0 Å². The van der Waals surface area contributed by atoms with E-state index in [4.69, 9.17) is 0 Å². The lowest BCUT2D eigenvalue weighted by Crippen LogP contribution is -2.35. The third kappa shape index (κ3) is 3.05. The Bertz CT molecular complexity index is 678. The molecule has 0 saturated heterocycles. The van der Waals surface area contributed by atoms with Crippen molar-refractivity contribution in [3.05, 3.63) is 46.5 Å². The van der Waals surface area contributed by atoms with E-state index < -0.39 is 0 Å². The van der Waals surface area contributed by atoms with Gasteiger partial charge in [0, 0.05) is 19.6 Å². The monoisotopic (exact) mass is 313 g/mol. The highest BCUT2D eigenvalue weighted by atomic mass is 32.1. The summed E-state index contributed by atoms with van der Waals surface area (Å²) in [6.07, 6.45) is 2.64. The molecule has 1 saturated carbocycles. The van der Waals surface area contributed by atoms with Crippen LogP contribution >= 0.6 is 11.3 Å². The van der Waals surface area contributed by atoms with Crippen molar-refractivity contribution in [3.8, 4) is 0 Å². The van der Waals surface area contributed by atoms with Crippen molar-refractivity contribution in [3.63, 3.8) is 0 Å². The number of rotatable bonds is 5. The normalized spacial score (nSPS) is 18.3. The van der Waals surface area contributed by atoms with Crippen LogP contribution in [0.25, 0.3) is 0 Å². The van der Waals surface area contributed by atoms with Crippen LogP contribution in [0.5, 0.6) is 0 Å². The summed E-state index contributed by atoms with van der Waals surface area (Å²) in [5.74, 6) is 1.04. The van der Waals surface area contributed by atoms with Gasteiger partial charge in [0.2, 0.25) is 0 Å². The standard InChI is InChI=1S/C17H19N3OS/c21-15-11-20(9-13-6-7-13)10-14-16(15)22-17(19-14)18-8-12-4-2-1-3-5-12/h1-5,13H,6-11H2,(H,18,19). The quantitative estimate of drug-likeness (QED) is 0.921. The van der Waals surface area contributed by atoms with Crippen LogP contribution in [0.4, 0.5) is 5.13 Å². The molecule has 2 aromatic rings. The van der Waals surface area contributed by atoms with Gasteiger partial charge in [-0.15, -0.1) is 0 Å². The average Bonchev–Trinajstić information content (AvgIpc) is 3.23. The highest BCUT2D eigenvalue weighted by Crippen LogP contribution is 2.33. The first-order valence-electron chi connectivity index (χ1n) is 7.81. The van der Waals surface area contributed by atoms with Crippen molar-refractivity contribution >= 4 is 22.3 Å². The molecule has 1 aromatic heterocycles. The smallest absolute Gasteiger partial charge is 0.188 e. The fourth-order valence-corrected chi connectivity index (χ4v) is 3.76. The Labute approximate surface area is 134 Å². The zero-order valence-electron chi connectivity index (χ0n) is 12.4. The zero-order chi connectivity index (χ0) is 14.9. The lowest BCUT2D eigenvalue weighted by molar-refractivity contribution is 0.0900. The van der Waals surface area contributed by atoms with Crippen molar-refractivity contribution < 1.29 is 4.79 Å². The Morgan fingerprint density at radius 2 is 2.05 bits per heavy atom. The molecule has 0 bridgehead atoms. The lowest BCUT2D eigenvalue weighted by Gasteiger charge is -2.24. The minimum atomic E-state index is 0.229. The van der Waals surface area contributed by atoms with Gasteiger partial charge in [0.1, 0.15) is 0 Å². The van der Waals surface area contributed by atoms with Gasteiger partial charge in [0.15, 0.2) is 10.9 Å². The largest absolute Gasteiger partial charge is 0.357 e. The molecule has 114 valence electrons. The highest BCUT2D eigenvalue weighted by molar-refractivity contribution is 7.17. The van der Waals surface area contributed by atoms with E-state index in [0.717, 1.165) is 41.3 Å². The van der Waals surface area contributed by atoms with Crippen LogP contribution in [0.1, 0.15) is 33.8 Å². The predicted molar refractivity (Wildman–Crippen MR) is 88.2 cm³/mol. The number of fused-ring (bicyclic) bond motifs is 1. The molecule has 0 atom stereocenters. The minimum absolute atomic E-state index is 0.229. The van der Waals surface area contributed by atoms with Crippen LogP contribution in [0.15, 0.2) is 30.3 Å². The maximum atomic E-state index is 12.3. The van der Waals surface area contributed by atoms with Crippen molar-refractivity contribution in [2.45, 2.75) is 25.9 Å². The molecule has 1 aliphatic heterocycles. The average molecular weight is 313 g/mol. The fourth-order valence-electron chi connectivity index (χ4n) is 2.86. The number of benzene rings is 1. The SMILES string of the molecule is O=C1CN(CC2CC2)Cc2nc(NCc3ccccc3)sc21. The summed E-state index contributed by atoms with van der Waals surface area (Å²) in [6.45, 7) is 3.17. The summed E-state index contributed by atoms with van der Waals surface area (Å²) in [5, 5.41) is 4.20. The maximum absolute atomic E-state index is 12.3. The third-order valence-electron chi connectivity index (χ3n) is 4.19. The summed E-state index contributed by atoms with van der Waals surface area (Å²) < 4.78 is 0. The second-order valence-electron chi connectivity index (χ2n) is 6.17. The van der Waals surface area contributed by atoms with Gasteiger partial charge in [-0.1, -0.05) is 41.7 Å². The van der Waals surface area contributed by atoms with E-state index in [1.54, 1.807) is 0 Å². The number of carbonyl (C=O) groups excluding carboxylic acids is 1. The molecule has 1 aromatic carbocycles. The van der Waals surface area contributed by atoms with E-state index in [1.165, 1.54) is 29.7 Å². The maximum Gasteiger partial charge on any atom is 0.188 e. The Kier molecular flexibility index (Phi) is 3.68.